The minimum absolute atomic E-state index is 0.0539. The molecule has 110 valence electrons. The lowest BCUT2D eigenvalue weighted by Crippen LogP contribution is -2.26. The second-order valence-electron chi connectivity index (χ2n) is 5.31. The Kier molecular flexibility index (Phi) is 2.85. The molecule has 0 unspecified atom stereocenters. The van der Waals surface area contributed by atoms with Crippen molar-refractivity contribution in [2.45, 2.75) is 18.9 Å². The molecule has 0 aliphatic heterocycles. The van der Waals surface area contributed by atoms with E-state index in [1.165, 1.54) is 12.1 Å². The number of aromatic amines is 1. The molecule has 7 heteroatoms. The number of amides is 1. The quantitative estimate of drug-likeness (QED) is 0.775. The zero-order valence-electron chi connectivity index (χ0n) is 11.5. The molecular formula is C15H12FN5O. The monoisotopic (exact) mass is 297 g/mol. The van der Waals surface area contributed by atoms with Crippen molar-refractivity contribution in [3.05, 3.63) is 41.7 Å². The Bertz CT molecular complexity index is 871. The van der Waals surface area contributed by atoms with Crippen LogP contribution in [0, 0.1) is 5.82 Å². The van der Waals surface area contributed by atoms with Gasteiger partial charge in [-0.15, -0.1) is 5.10 Å². The van der Waals surface area contributed by atoms with Gasteiger partial charge in [0, 0.05) is 11.6 Å². The van der Waals surface area contributed by atoms with Gasteiger partial charge in [0.15, 0.2) is 0 Å². The predicted octanol–water partition coefficient (Wildman–Crippen LogP) is 2.05. The van der Waals surface area contributed by atoms with Crippen LogP contribution in [0.5, 0.6) is 0 Å². The summed E-state index contributed by atoms with van der Waals surface area (Å²) >= 11 is 0. The van der Waals surface area contributed by atoms with Crippen LogP contribution in [-0.4, -0.2) is 32.3 Å². The van der Waals surface area contributed by atoms with E-state index in [1.54, 1.807) is 18.2 Å². The van der Waals surface area contributed by atoms with E-state index in [9.17, 15) is 9.18 Å². The lowest BCUT2D eigenvalue weighted by atomic mass is 10.1. The predicted molar refractivity (Wildman–Crippen MR) is 77.6 cm³/mol. The summed E-state index contributed by atoms with van der Waals surface area (Å²) in [4.78, 5) is 16.2. The van der Waals surface area contributed by atoms with E-state index >= 15 is 0 Å². The topological polar surface area (TPSA) is 83.6 Å². The van der Waals surface area contributed by atoms with E-state index < -0.39 is 5.82 Å². The maximum Gasteiger partial charge on any atom is 0.254 e. The van der Waals surface area contributed by atoms with Crippen LogP contribution in [0.4, 0.5) is 4.39 Å². The highest BCUT2D eigenvalue weighted by molar-refractivity contribution is 5.95. The van der Waals surface area contributed by atoms with E-state index in [4.69, 9.17) is 0 Å². The number of halogens is 1. The summed E-state index contributed by atoms with van der Waals surface area (Å²) in [5.74, 6) is -0.927. The number of rotatable bonds is 3. The largest absolute Gasteiger partial charge is 0.349 e. The molecule has 1 aromatic carbocycles. The number of nitrogens with one attached hydrogen (secondary N) is 2. The minimum atomic E-state index is -0.558. The molecule has 0 spiro atoms. The van der Waals surface area contributed by atoms with Crippen molar-refractivity contribution >= 4 is 17.1 Å². The van der Waals surface area contributed by atoms with Crippen molar-refractivity contribution in [2.75, 3.05) is 0 Å². The summed E-state index contributed by atoms with van der Waals surface area (Å²) < 4.78 is 14.2. The van der Waals surface area contributed by atoms with Crippen LogP contribution in [0.15, 0.2) is 30.3 Å². The van der Waals surface area contributed by atoms with Crippen molar-refractivity contribution in [1.82, 2.24) is 25.7 Å². The maximum absolute atomic E-state index is 14.2. The molecule has 2 aromatic heterocycles. The summed E-state index contributed by atoms with van der Waals surface area (Å²) in [6, 6.07) is 8.17. The third-order valence-corrected chi connectivity index (χ3v) is 3.60. The number of benzene rings is 1. The molecule has 4 rings (SSSR count). The normalized spacial score (nSPS) is 14.2. The molecule has 2 heterocycles. The molecule has 1 aliphatic carbocycles. The van der Waals surface area contributed by atoms with Gasteiger partial charge in [0.2, 0.25) is 5.65 Å². The molecule has 22 heavy (non-hydrogen) atoms. The summed E-state index contributed by atoms with van der Waals surface area (Å²) in [6.07, 6.45) is 1.93. The van der Waals surface area contributed by atoms with Gasteiger partial charge < -0.3 is 5.32 Å². The third-order valence-electron chi connectivity index (χ3n) is 3.60. The van der Waals surface area contributed by atoms with Crippen LogP contribution in [0.1, 0.15) is 23.2 Å². The van der Waals surface area contributed by atoms with Crippen LogP contribution in [-0.2, 0) is 0 Å². The summed E-state index contributed by atoms with van der Waals surface area (Å²) in [5.41, 5.74) is 2.33. The molecule has 1 amide bonds. The highest BCUT2D eigenvalue weighted by Gasteiger charge is 2.25. The number of nitrogens with zero attached hydrogens (tertiary/aromatic N) is 3. The zero-order valence-corrected chi connectivity index (χ0v) is 11.5. The van der Waals surface area contributed by atoms with Gasteiger partial charge >= 0.3 is 0 Å². The SMILES string of the molecule is O=C(NC1CC1)c1ccc(-c2ccc3n[nH]nc3n2)cc1F. The van der Waals surface area contributed by atoms with E-state index in [2.05, 4.69) is 25.7 Å². The van der Waals surface area contributed by atoms with Crippen LogP contribution >= 0.6 is 0 Å². The van der Waals surface area contributed by atoms with Gasteiger partial charge in [-0.25, -0.2) is 9.37 Å². The van der Waals surface area contributed by atoms with Crippen LogP contribution in [0.2, 0.25) is 0 Å². The Balaban J connectivity index is 1.67. The zero-order chi connectivity index (χ0) is 15.1. The Hall–Kier alpha value is -2.83. The van der Waals surface area contributed by atoms with Crippen molar-refractivity contribution in [3.8, 4) is 11.3 Å². The first-order valence-corrected chi connectivity index (χ1v) is 6.99. The van der Waals surface area contributed by atoms with Crippen LogP contribution in [0.3, 0.4) is 0 Å². The molecule has 0 atom stereocenters. The highest BCUT2D eigenvalue weighted by atomic mass is 19.1. The molecule has 0 saturated heterocycles. The number of pyridine rings is 1. The molecule has 0 bridgehead atoms. The first-order valence-electron chi connectivity index (χ1n) is 6.99. The number of fused-ring (bicyclic) bond motifs is 1. The van der Waals surface area contributed by atoms with E-state index in [1.807, 2.05) is 0 Å². The number of hydrogen-bond donors (Lipinski definition) is 2. The lowest BCUT2D eigenvalue weighted by Gasteiger charge is -2.06. The standard InChI is InChI=1S/C15H12FN5O/c16-11-7-8(1-4-10(11)15(22)17-9-2-3-9)12-5-6-13-14(18-12)20-21-19-13/h1,4-7,9H,2-3H2,(H,17,22)(H,18,19,20,21). The van der Waals surface area contributed by atoms with E-state index in [0.29, 0.717) is 22.4 Å². The molecule has 3 aromatic rings. The van der Waals surface area contributed by atoms with Gasteiger partial charge in [0.05, 0.1) is 11.3 Å². The van der Waals surface area contributed by atoms with Gasteiger partial charge in [-0.05, 0) is 37.1 Å². The van der Waals surface area contributed by atoms with Crippen molar-refractivity contribution in [2.24, 2.45) is 0 Å². The second-order valence-corrected chi connectivity index (χ2v) is 5.31. The number of carbonyl (C=O) groups is 1. The summed E-state index contributed by atoms with van der Waals surface area (Å²) in [7, 11) is 0. The van der Waals surface area contributed by atoms with Gasteiger partial charge in [-0.1, -0.05) is 6.07 Å². The lowest BCUT2D eigenvalue weighted by molar-refractivity contribution is 0.0947. The molecule has 1 aliphatic rings. The number of hydrogen-bond acceptors (Lipinski definition) is 4. The average molecular weight is 297 g/mol. The van der Waals surface area contributed by atoms with Crippen molar-refractivity contribution in [3.63, 3.8) is 0 Å². The van der Waals surface area contributed by atoms with Gasteiger partial charge in [-0.3, -0.25) is 4.79 Å². The Labute approximate surface area is 124 Å². The summed E-state index contributed by atoms with van der Waals surface area (Å²) in [5, 5.41) is 13.1. The van der Waals surface area contributed by atoms with Gasteiger partial charge in [0.1, 0.15) is 11.3 Å². The fourth-order valence-corrected chi connectivity index (χ4v) is 2.25. The van der Waals surface area contributed by atoms with Crippen LogP contribution in [0.25, 0.3) is 22.4 Å². The fraction of sp³-hybridized carbons (Fsp3) is 0.200. The first kappa shape index (κ1) is 12.9. The average Bonchev–Trinajstić information content (AvgIpc) is 3.20. The molecule has 1 fully saturated rings. The molecule has 6 nitrogen and oxygen atoms in total. The van der Waals surface area contributed by atoms with Crippen molar-refractivity contribution in [1.29, 1.82) is 0 Å². The van der Waals surface area contributed by atoms with E-state index in [-0.39, 0.29) is 17.5 Å². The number of carbonyl (C=O) groups excluding carboxylic acids is 1. The Morgan fingerprint density at radius 1 is 1.23 bits per heavy atom. The molecular weight excluding hydrogens is 285 g/mol. The summed E-state index contributed by atoms with van der Waals surface area (Å²) in [6.45, 7) is 0. The van der Waals surface area contributed by atoms with Gasteiger partial charge in [-0.2, -0.15) is 10.3 Å². The minimum Gasteiger partial charge on any atom is -0.349 e. The van der Waals surface area contributed by atoms with Crippen molar-refractivity contribution < 1.29 is 9.18 Å². The number of H-pyrrole nitrogens is 1. The second kappa shape index (κ2) is 4.87. The first-order chi connectivity index (χ1) is 10.7. The fourth-order valence-electron chi connectivity index (χ4n) is 2.25. The highest BCUT2D eigenvalue weighted by Crippen LogP contribution is 2.23. The molecule has 0 radical (unpaired) electrons. The smallest absolute Gasteiger partial charge is 0.254 e. The van der Waals surface area contributed by atoms with Crippen LogP contribution < -0.4 is 5.32 Å². The maximum atomic E-state index is 14.2. The Morgan fingerprint density at radius 3 is 2.86 bits per heavy atom. The molecule has 2 N–H and O–H groups in total. The molecule has 1 saturated carbocycles. The number of aromatic nitrogens is 4. The van der Waals surface area contributed by atoms with E-state index in [0.717, 1.165) is 12.8 Å². The van der Waals surface area contributed by atoms with Gasteiger partial charge in [0.25, 0.3) is 5.91 Å². The Morgan fingerprint density at radius 2 is 2.09 bits per heavy atom. The third kappa shape index (κ3) is 2.30.